The summed E-state index contributed by atoms with van der Waals surface area (Å²) in [5, 5.41) is 8.34. The first kappa shape index (κ1) is 18.9. The molecule has 0 heterocycles. The highest BCUT2D eigenvalue weighted by molar-refractivity contribution is 7.89. The Morgan fingerprint density at radius 2 is 1.59 bits per heavy atom. The quantitative estimate of drug-likeness (QED) is 0.651. The van der Waals surface area contributed by atoms with E-state index in [1.807, 2.05) is 36.4 Å². The van der Waals surface area contributed by atoms with Crippen LogP contribution in [0.3, 0.4) is 0 Å². The van der Waals surface area contributed by atoms with E-state index >= 15 is 0 Å². The lowest BCUT2D eigenvalue weighted by atomic mass is 10.1. The molecule has 140 valence electrons. The second-order valence-corrected chi connectivity index (χ2v) is 7.84. The molecule has 0 saturated heterocycles. The van der Waals surface area contributed by atoms with Crippen molar-refractivity contribution >= 4 is 15.7 Å². The SMILES string of the molecule is Cc1ccccc1COc1ccc(CNc2ccc(S(N)(=O)=O)cc2)cc1. The minimum Gasteiger partial charge on any atom is -0.489 e. The Bertz CT molecular complexity index is 998. The number of rotatable bonds is 7. The number of aryl methyl sites for hydroxylation is 1. The molecular weight excluding hydrogens is 360 g/mol. The summed E-state index contributed by atoms with van der Waals surface area (Å²) in [6.07, 6.45) is 0. The molecule has 0 aliphatic carbocycles. The number of hydrogen-bond donors (Lipinski definition) is 2. The molecule has 0 fully saturated rings. The normalized spacial score (nSPS) is 11.2. The Balaban J connectivity index is 1.54. The van der Waals surface area contributed by atoms with Gasteiger partial charge in [0.2, 0.25) is 10.0 Å². The standard InChI is InChI=1S/C21H22N2O3S/c1-16-4-2-3-5-18(16)15-26-20-10-6-17(7-11-20)14-23-19-8-12-21(13-9-19)27(22,24)25/h2-13,23H,14-15H2,1H3,(H2,22,24,25). The zero-order valence-electron chi connectivity index (χ0n) is 15.1. The van der Waals surface area contributed by atoms with E-state index in [0.717, 1.165) is 17.0 Å². The first-order chi connectivity index (χ1) is 12.9. The Morgan fingerprint density at radius 3 is 2.22 bits per heavy atom. The van der Waals surface area contributed by atoms with Gasteiger partial charge >= 0.3 is 0 Å². The van der Waals surface area contributed by atoms with Crippen molar-refractivity contribution in [3.63, 3.8) is 0 Å². The predicted octanol–water partition coefficient (Wildman–Crippen LogP) is 3.83. The van der Waals surface area contributed by atoms with Gasteiger partial charge in [-0.15, -0.1) is 0 Å². The van der Waals surface area contributed by atoms with Crippen molar-refractivity contribution in [1.82, 2.24) is 0 Å². The molecule has 0 aromatic heterocycles. The number of anilines is 1. The van der Waals surface area contributed by atoms with Crippen molar-refractivity contribution < 1.29 is 13.2 Å². The monoisotopic (exact) mass is 382 g/mol. The zero-order valence-corrected chi connectivity index (χ0v) is 15.9. The molecule has 0 bridgehead atoms. The van der Waals surface area contributed by atoms with Crippen molar-refractivity contribution in [2.45, 2.75) is 25.0 Å². The molecule has 0 saturated carbocycles. The molecule has 3 aromatic rings. The lowest BCUT2D eigenvalue weighted by Crippen LogP contribution is -2.12. The van der Waals surface area contributed by atoms with Crippen LogP contribution in [0.5, 0.6) is 5.75 Å². The molecule has 0 aliphatic heterocycles. The molecule has 3 rings (SSSR count). The van der Waals surface area contributed by atoms with Crippen LogP contribution in [-0.4, -0.2) is 8.42 Å². The molecule has 3 aromatic carbocycles. The Labute approximate surface area is 159 Å². The van der Waals surface area contributed by atoms with Gasteiger partial charge in [-0.25, -0.2) is 13.6 Å². The van der Waals surface area contributed by atoms with E-state index in [-0.39, 0.29) is 4.90 Å². The number of nitrogens with one attached hydrogen (secondary N) is 1. The molecule has 27 heavy (non-hydrogen) atoms. The molecule has 0 aliphatic rings. The second-order valence-electron chi connectivity index (χ2n) is 6.28. The molecule has 0 atom stereocenters. The maximum absolute atomic E-state index is 11.3. The van der Waals surface area contributed by atoms with E-state index < -0.39 is 10.0 Å². The topological polar surface area (TPSA) is 81.4 Å². The van der Waals surface area contributed by atoms with Crippen molar-refractivity contribution in [3.8, 4) is 5.75 Å². The number of ether oxygens (including phenoxy) is 1. The van der Waals surface area contributed by atoms with Gasteiger partial charge in [-0.1, -0.05) is 36.4 Å². The van der Waals surface area contributed by atoms with Crippen LogP contribution >= 0.6 is 0 Å². The number of sulfonamides is 1. The first-order valence-corrected chi connectivity index (χ1v) is 10.1. The summed E-state index contributed by atoms with van der Waals surface area (Å²) in [5.41, 5.74) is 4.30. The van der Waals surface area contributed by atoms with Gasteiger partial charge in [0.25, 0.3) is 0 Å². The van der Waals surface area contributed by atoms with Crippen LogP contribution in [0.2, 0.25) is 0 Å². The van der Waals surface area contributed by atoms with E-state index in [1.54, 1.807) is 12.1 Å². The molecule has 0 spiro atoms. The van der Waals surface area contributed by atoms with Crippen molar-refractivity contribution in [3.05, 3.63) is 89.5 Å². The third kappa shape index (κ3) is 5.32. The van der Waals surface area contributed by atoms with Gasteiger partial charge in [-0.05, 0) is 60.0 Å². The van der Waals surface area contributed by atoms with Gasteiger partial charge in [0.15, 0.2) is 0 Å². The van der Waals surface area contributed by atoms with Crippen molar-refractivity contribution in [2.75, 3.05) is 5.32 Å². The van der Waals surface area contributed by atoms with Crippen LogP contribution in [0, 0.1) is 6.92 Å². The second kappa shape index (κ2) is 8.24. The van der Waals surface area contributed by atoms with Crippen molar-refractivity contribution in [1.29, 1.82) is 0 Å². The summed E-state index contributed by atoms with van der Waals surface area (Å²) in [6.45, 7) is 3.23. The summed E-state index contributed by atoms with van der Waals surface area (Å²) in [6, 6.07) is 22.4. The van der Waals surface area contributed by atoms with Gasteiger partial charge in [0.1, 0.15) is 12.4 Å². The summed E-state index contributed by atoms with van der Waals surface area (Å²) in [5.74, 6) is 0.819. The highest BCUT2D eigenvalue weighted by Crippen LogP contribution is 2.17. The third-order valence-electron chi connectivity index (χ3n) is 4.26. The van der Waals surface area contributed by atoms with E-state index in [2.05, 4.69) is 24.4 Å². The summed E-state index contributed by atoms with van der Waals surface area (Å²) >= 11 is 0. The van der Waals surface area contributed by atoms with Crippen LogP contribution in [0.15, 0.2) is 77.7 Å². The maximum Gasteiger partial charge on any atom is 0.238 e. The largest absolute Gasteiger partial charge is 0.489 e. The Morgan fingerprint density at radius 1 is 0.926 bits per heavy atom. The third-order valence-corrected chi connectivity index (χ3v) is 5.19. The molecule has 0 radical (unpaired) electrons. The lowest BCUT2D eigenvalue weighted by Gasteiger charge is -2.10. The van der Waals surface area contributed by atoms with Crippen molar-refractivity contribution in [2.24, 2.45) is 5.14 Å². The number of nitrogens with two attached hydrogens (primary N) is 1. The minimum atomic E-state index is -3.66. The summed E-state index contributed by atoms with van der Waals surface area (Å²) in [7, 11) is -3.66. The predicted molar refractivity (Wildman–Crippen MR) is 107 cm³/mol. The van der Waals surface area contributed by atoms with Crippen LogP contribution in [-0.2, 0) is 23.2 Å². The van der Waals surface area contributed by atoms with Gasteiger partial charge in [0, 0.05) is 12.2 Å². The van der Waals surface area contributed by atoms with E-state index in [4.69, 9.17) is 9.88 Å². The smallest absolute Gasteiger partial charge is 0.238 e. The fourth-order valence-electron chi connectivity index (χ4n) is 2.60. The Kier molecular flexibility index (Phi) is 5.78. The fraction of sp³-hybridized carbons (Fsp3) is 0.143. The molecule has 3 N–H and O–H groups in total. The highest BCUT2D eigenvalue weighted by Gasteiger charge is 2.06. The van der Waals surface area contributed by atoms with Crippen LogP contribution in [0.25, 0.3) is 0 Å². The highest BCUT2D eigenvalue weighted by atomic mass is 32.2. The van der Waals surface area contributed by atoms with Gasteiger partial charge in [-0.2, -0.15) is 0 Å². The summed E-state index contributed by atoms with van der Waals surface area (Å²) < 4.78 is 28.4. The zero-order chi connectivity index (χ0) is 19.3. The molecule has 6 heteroatoms. The van der Waals surface area contributed by atoms with Gasteiger partial charge in [0.05, 0.1) is 4.90 Å². The average molecular weight is 382 g/mol. The average Bonchev–Trinajstić information content (AvgIpc) is 2.66. The van der Waals surface area contributed by atoms with Gasteiger partial charge in [-0.3, -0.25) is 0 Å². The molecule has 0 unspecified atom stereocenters. The summed E-state index contributed by atoms with van der Waals surface area (Å²) in [4.78, 5) is 0.100. The minimum absolute atomic E-state index is 0.100. The number of benzene rings is 3. The lowest BCUT2D eigenvalue weighted by molar-refractivity contribution is 0.305. The molecular formula is C21H22N2O3S. The van der Waals surface area contributed by atoms with E-state index in [9.17, 15) is 8.42 Å². The van der Waals surface area contributed by atoms with Crippen LogP contribution in [0.4, 0.5) is 5.69 Å². The maximum atomic E-state index is 11.3. The van der Waals surface area contributed by atoms with E-state index in [1.165, 1.54) is 23.3 Å². The van der Waals surface area contributed by atoms with Crippen LogP contribution < -0.4 is 15.2 Å². The Hall–Kier alpha value is -2.83. The first-order valence-electron chi connectivity index (χ1n) is 8.55. The van der Waals surface area contributed by atoms with Gasteiger partial charge < -0.3 is 10.1 Å². The number of hydrogen-bond acceptors (Lipinski definition) is 4. The van der Waals surface area contributed by atoms with E-state index in [0.29, 0.717) is 13.2 Å². The fourth-order valence-corrected chi connectivity index (χ4v) is 3.12. The molecule has 0 amide bonds. The van der Waals surface area contributed by atoms with Crippen LogP contribution in [0.1, 0.15) is 16.7 Å². The number of primary sulfonamides is 1. The molecule has 5 nitrogen and oxygen atoms in total.